The number of nitrogens with two attached hydrogens (primary N) is 1. The molecule has 2 aromatic carbocycles. The number of carbonyl (C=O) groups is 4. The zero-order valence-electron chi connectivity index (χ0n) is 26.6. The van der Waals surface area contributed by atoms with Gasteiger partial charge in [-0.05, 0) is 62.1 Å². The number of carboxylic acid groups (broad SMARTS) is 1. The topological polar surface area (TPSA) is 187 Å². The van der Waals surface area contributed by atoms with Crippen LogP contribution in [0.2, 0.25) is 0 Å². The van der Waals surface area contributed by atoms with E-state index in [1.54, 1.807) is 36.6 Å². The number of nitrogens with zero attached hydrogens (tertiary/aromatic N) is 1. The second kappa shape index (κ2) is 13.3. The van der Waals surface area contributed by atoms with E-state index in [1.807, 2.05) is 5.32 Å². The number of rotatable bonds is 12. The maximum absolute atomic E-state index is 15.0. The third kappa shape index (κ3) is 6.53. The van der Waals surface area contributed by atoms with Crippen LogP contribution in [0, 0.1) is 10.8 Å². The summed E-state index contributed by atoms with van der Waals surface area (Å²) in [5.41, 5.74) is 5.95. The number of piperidine rings is 1. The Hall–Kier alpha value is -4.73. The fourth-order valence-electron chi connectivity index (χ4n) is 6.82. The number of fused-ring (bicyclic) bond motifs is 4. The monoisotopic (exact) mass is 694 g/mol. The number of hydrogen-bond acceptors (Lipinski definition) is 8. The molecule has 3 aliphatic rings. The summed E-state index contributed by atoms with van der Waals surface area (Å²) in [5.74, 6) is -4.94. The van der Waals surface area contributed by atoms with Crippen molar-refractivity contribution in [2.75, 3.05) is 26.3 Å². The van der Waals surface area contributed by atoms with Gasteiger partial charge in [0.1, 0.15) is 11.9 Å². The molecule has 4 amide bonds. The minimum absolute atomic E-state index is 0.125. The first kappa shape index (κ1) is 34.1. The number of benzene rings is 2. The lowest BCUT2D eigenvalue weighted by Crippen LogP contribution is -2.51. The van der Waals surface area contributed by atoms with E-state index < -0.39 is 53.8 Å². The van der Waals surface area contributed by atoms with Gasteiger partial charge in [-0.15, -0.1) is 11.3 Å². The van der Waals surface area contributed by atoms with Gasteiger partial charge in [0.25, 0.3) is 11.8 Å². The Balaban J connectivity index is 1.14. The lowest BCUT2D eigenvalue weighted by molar-refractivity contribution is -0.139. The van der Waals surface area contributed by atoms with Gasteiger partial charge in [-0.2, -0.15) is 8.78 Å². The smallest absolute Gasteiger partial charge is 0.410 e. The number of nitrogens with one attached hydrogen (secondary N) is 4. The summed E-state index contributed by atoms with van der Waals surface area (Å²) in [6, 6.07) is 10.1. The number of hydrogen-bond donors (Lipinski definition) is 6. The highest BCUT2D eigenvalue weighted by atomic mass is 32.1. The van der Waals surface area contributed by atoms with Gasteiger partial charge in [0.05, 0.1) is 19.2 Å². The minimum Gasteiger partial charge on any atom is -0.465 e. The molecule has 1 aliphatic heterocycles. The molecule has 4 atom stereocenters. The first-order valence-corrected chi connectivity index (χ1v) is 16.7. The SMILES string of the molecule is C[C@@H](NC(=O)[C@@H]1C[C@]2(COCCCN)C[C@@H]2N1C(=O)CNC(=O)c1ccc2c(c1)-c1ccccc1C2(F)F)c1cc(C(=N)NC(=O)O)cs1. The van der Waals surface area contributed by atoms with Crippen LogP contribution in [0.25, 0.3) is 11.1 Å². The maximum atomic E-state index is 15.0. The first-order chi connectivity index (χ1) is 23.4. The van der Waals surface area contributed by atoms with Crippen molar-refractivity contribution in [1.82, 2.24) is 20.9 Å². The fraction of sp³-hybridized carbons (Fsp3) is 0.382. The first-order valence-electron chi connectivity index (χ1n) is 15.8. The molecule has 1 saturated heterocycles. The molecule has 0 radical (unpaired) electrons. The average Bonchev–Trinajstić information content (AvgIpc) is 3.35. The molecule has 7 N–H and O–H groups in total. The highest BCUT2D eigenvalue weighted by Gasteiger charge is 2.67. The summed E-state index contributed by atoms with van der Waals surface area (Å²) in [6.07, 6.45) is 0.314. The minimum atomic E-state index is -3.18. The molecule has 2 aliphatic carbocycles. The van der Waals surface area contributed by atoms with Crippen LogP contribution in [-0.4, -0.2) is 78.0 Å². The van der Waals surface area contributed by atoms with Gasteiger partial charge >= 0.3 is 6.09 Å². The van der Waals surface area contributed by atoms with E-state index in [-0.39, 0.29) is 34.1 Å². The summed E-state index contributed by atoms with van der Waals surface area (Å²) < 4.78 is 35.9. The quantitative estimate of drug-likeness (QED) is 0.0946. The largest absolute Gasteiger partial charge is 0.465 e. The molecule has 0 spiro atoms. The molecule has 12 nitrogen and oxygen atoms in total. The predicted octanol–water partition coefficient (Wildman–Crippen LogP) is 3.79. The summed E-state index contributed by atoms with van der Waals surface area (Å²) in [7, 11) is 0. The Morgan fingerprint density at radius 3 is 2.61 bits per heavy atom. The molecule has 1 aromatic heterocycles. The van der Waals surface area contributed by atoms with Crippen molar-refractivity contribution < 1.29 is 37.8 Å². The zero-order chi connectivity index (χ0) is 35.1. The summed E-state index contributed by atoms with van der Waals surface area (Å²) >= 11 is 1.25. The van der Waals surface area contributed by atoms with E-state index in [9.17, 15) is 19.2 Å². The Bertz CT molecular complexity index is 1830. The van der Waals surface area contributed by atoms with E-state index in [1.165, 1.54) is 40.5 Å². The van der Waals surface area contributed by atoms with Crippen LogP contribution in [-0.2, 0) is 20.2 Å². The summed E-state index contributed by atoms with van der Waals surface area (Å²) in [6.45, 7) is 2.61. The molecule has 2 fully saturated rings. The van der Waals surface area contributed by atoms with Crippen molar-refractivity contribution in [3.63, 3.8) is 0 Å². The number of carbonyl (C=O) groups excluding carboxylic acids is 3. The lowest BCUT2D eigenvalue weighted by Gasteiger charge is -2.28. The standard InChI is InChI=1S/C34H36F2N6O6S/c1-18(26-12-20(16-49-26)29(38)41-32(46)47)40-31(45)25-13-33(17-48-10-4-9-37)14-27(33)42(25)28(43)15-39-30(44)19-7-8-24-22(11-19)21-5-2-3-6-23(21)34(24,35)36/h2-3,5-8,11-12,16,18,25,27H,4,9-10,13-15,17,37H2,1H3,(H2,38,41)(H,39,44)(H,40,45)(H,46,47)/t18-,25+,27+,33-/m1/s1. The molecule has 3 aromatic rings. The molecule has 0 unspecified atom stereocenters. The van der Waals surface area contributed by atoms with E-state index in [0.717, 1.165) is 0 Å². The van der Waals surface area contributed by atoms with Crippen LogP contribution in [0.1, 0.15) is 64.2 Å². The van der Waals surface area contributed by atoms with Gasteiger partial charge < -0.3 is 31.1 Å². The van der Waals surface area contributed by atoms with Gasteiger partial charge in [0.15, 0.2) is 0 Å². The molecule has 6 rings (SSSR count). The number of amides is 4. The molecule has 1 saturated carbocycles. The van der Waals surface area contributed by atoms with Crippen LogP contribution >= 0.6 is 11.3 Å². The molecule has 15 heteroatoms. The lowest BCUT2D eigenvalue weighted by atomic mass is 10.00. The van der Waals surface area contributed by atoms with Crippen molar-refractivity contribution in [3.8, 4) is 11.1 Å². The number of halogens is 2. The van der Waals surface area contributed by atoms with E-state index in [0.29, 0.717) is 55.0 Å². The Labute approximate surface area is 284 Å². The van der Waals surface area contributed by atoms with Crippen molar-refractivity contribution in [3.05, 3.63) is 81.0 Å². The summed E-state index contributed by atoms with van der Waals surface area (Å²) in [4.78, 5) is 53.7. The highest BCUT2D eigenvalue weighted by Crippen LogP contribution is 2.59. The molecule has 0 bridgehead atoms. The van der Waals surface area contributed by atoms with Gasteiger partial charge in [0, 0.05) is 50.6 Å². The normalized spacial score (nSPS) is 21.6. The van der Waals surface area contributed by atoms with Crippen LogP contribution in [0.15, 0.2) is 53.9 Å². The maximum Gasteiger partial charge on any atom is 0.410 e. The molecular formula is C34H36F2N6O6S. The Morgan fingerprint density at radius 1 is 1.10 bits per heavy atom. The third-order valence-electron chi connectivity index (χ3n) is 9.39. The van der Waals surface area contributed by atoms with Crippen LogP contribution in [0.3, 0.4) is 0 Å². The summed E-state index contributed by atoms with van der Waals surface area (Å²) in [5, 5.41) is 26.0. The van der Waals surface area contributed by atoms with Crippen molar-refractivity contribution in [2.24, 2.45) is 11.1 Å². The second-order valence-corrected chi connectivity index (χ2v) is 13.6. The zero-order valence-corrected chi connectivity index (χ0v) is 27.4. The molecule has 258 valence electrons. The van der Waals surface area contributed by atoms with Crippen LogP contribution in [0.5, 0.6) is 0 Å². The van der Waals surface area contributed by atoms with Crippen LogP contribution < -0.4 is 21.7 Å². The van der Waals surface area contributed by atoms with Crippen molar-refractivity contribution in [2.45, 2.75) is 50.2 Å². The van der Waals surface area contributed by atoms with Gasteiger partial charge in [0.2, 0.25) is 11.8 Å². The average molecular weight is 695 g/mol. The van der Waals surface area contributed by atoms with E-state index >= 15 is 8.78 Å². The van der Waals surface area contributed by atoms with Crippen molar-refractivity contribution >= 4 is 41.0 Å². The highest BCUT2D eigenvalue weighted by molar-refractivity contribution is 7.10. The number of thiophene rings is 1. The number of likely N-dealkylation sites (tertiary alicyclic amines) is 1. The predicted molar refractivity (Wildman–Crippen MR) is 177 cm³/mol. The van der Waals surface area contributed by atoms with Gasteiger partial charge in [-0.25, -0.2) is 4.79 Å². The Morgan fingerprint density at radius 2 is 1.86 bits per heavy atom. The van der Waals surface area contributed by atoms with E-state index in [4.69, 9.17) is 21.0 Å². The van der Waals surface area contributed by atoms with Crippen molar-refractivity contribution in [1.29, 1.82) is 5.41 Å². The van der Waals surface area contributed by atoms with Gasteiger partial charge in [-0.3, -0.25) is 25.1 Å². The van der Waals surface area contributed by atoms with E-state index in [2.05, 4.69) is 10.6 Å². The van der Waals surface area contributed by atoms with Crippen LogP contribution in [0.4, 0.5) is 13.6 Å². The fourth-order valence-corrected chi connectivity index (χ4v) is 7.73. The molecule has 49 heavy (non-hydrogen) atoms. The molecule has 2 heterocycles. The third-order valence-corrected chi connectivity index (χ3v) is 10.5. The van der Waals surface area contributed by atoms with Gasteiger partial charge in [-0.1, -0.05) is 30.3 Å². The Kier molecular flexibility index (Phi) is 9.26. The molecular weight excluding hydrogens is 658 g/mol. The number of alkyl halides is 2. The number of amidine groups is 1. The second-order valence-electron chi connectivity index (χ2n) is 12.6. The number of ether oxygens (including phenoxy) is 1.